The number of halogens is 1. The summed E-state index contributed by atoms with van der Waals surface area (Å²) in [6, 6.07) is 4.30. The molecule has 1 aliphatic rings. The van der Waals surface area contributed by atoms with E-state index in [9.17, 15) is 9.18 Å². The lowest BCUT2D eigenvalue weighted by Gasteiger charge is -2.24. The van der Waals surface area contributed by atoms with Crippen LogP contribution in [0, 0.1) is 5.82 Å². The zero-order valence-electron chi connectivity index (χ0n) is 12.6. The van der Waals surface area contributed by atoms with Crippen molar-refractivity contribution in [1.29, 1.82) is 0 Å². The van der Waals surface area contributed by atoms with Crippen LogP contribution in [0.2, 0.25) is 0 Å². The fourth-order valence-electron chi connectivity index (χ4n) is 2.11. The molecule has 1 aliphatic heterocycles. The normalized spacial score (nSPS) is 18.7. The van der Waals surface area contributed by atoms with Crippen molar-refractivity contribution < 1.29 is 18.7 Å². The summed E-state index contributed by atoms with van der Waals surface area (Å²) in [5, 5.41) is 0. The number of carbonyl (C=O) groups is 1. The van der Waals surface area contributed by atoms with Crippen molar-refractivity contribution in [3.63, 3.8) is 0 Å². The van der Waals surface area contributed by atoms with E-state index >= 15 is 0 Å². The van der Waals surface area contributed by atoms with Gasteiger partial charge in [-0.2, -0.15) is 0 Å². The van der Waals surface area contributed by atoms with E-state index < -0.39 is 11.4 Å². The van der Waals surface area contributed by atoms with Crippen molar-refractivity contribution in [3.8, 4) is 5.75 Å². The molecule has 5 nitrogen and oxygen atoms in total. The summed E-state index contributed by atoms with van der Waals surface area (Å²) in [5.41, 5.74) is 5.31. The quantitative estimate of drug-likeness (QED) is 0.852. The molecular weight excluding hydrogens is 275 g/mol. The Balaban J connectivity index is 1.92. The number of nitrogen functional groups attached to an aromatic ring is 1. The Labute approximate surface area is 123 Å². The molecule has 0 spiro atoms. The highest BCUT2D eigenvalue weighted by molar-refractivity contribution is 5.68. The second-order valence-electron chi connectivity index (χ2n) is 6.14. The molecule has 1 fully saturated rings. The van der Waals surface area contributed by atoms with Crippen molar-refractivity contribution in [2.24, 2.45) is 0 Å². The van der Waals surface area contributed by atoms with Crippen LogP contribution >= 0.6 is 0 Å². The second kappa shape index (κ2) is 5.79. The van der Waals surface area contributed by atoms with E-state index in [2.05, 4.69) is 0 Å². The zero-order chi connectivity index (χ0) is 15.6. The molecule has 1 aromatic rings. The van der Waals surface area contributed by atoms with Crippen LogP contribution in [0.1, 0.15) is 27.2 Å². The van der Waals surface area contributed by atoms with E-state index in [1.165, 1.54) is 12.1 Å². The standard InChI is InChI=1S/C15H21FN2O3/c1-15(2,3)21-14(19)18-7-6-11(9-18)20-13-5-4-10(17)8-12(13)16/h4-5,8,11H,6-7,9,17H2,1-3H3/t11-/m0/s1. The summed E-state index contributed by atoms with van der Waals surface area (Å²) in [6.45, 7) is 6.38. The summed E-state index contributed by atoms with van der Waals surface area (Å²) < 4.78 is 24.6. The number of likely N-dealkylation sites (tertiary alicyclic amines) is 1. The summed E-state index contributed by atoms with van der Waals surface area (Å²) in [5.74, 6) is -0.342. The molecule has 0 radical (unpaired) electrons. The molecule has 0 bridgehead atoms. The Morgan fingerprint density at radius 2 is 2.14 bits per heavy atom. The van der Waals surface area contributed by atoms with Crippen molar-refractivity contribution in [2.75, 3.05) is 18.8 Å². The topological polar surface area (TPSA) is 64.8 Å². The van der Waals surface area contributed by atoms with Crippen molar-refractivity contribution in [2.45, 2.75) is 38.9 Å². The lowest BCUT2D eigenvalue weighted by atomic mass is 10.2. The number of anilines is 1. The van der Waals surface area contributed by atoms with Gasteiger partial charge < -0.3 is 20.1 Å². The zero-order valence-corrected chi connectivity index (χ0v) is 12.6. The van der Waals surface area contributed by atoms with Crippen LogP contribution in [0.25, 0.3) is 0 Å². The highest BCUT2D eigenvalue weighted by atomic mass is 19.1. The fourth-order valence-corrected chi connectivity index (χ4v) is 2.11. The van der Waals surface area contributed by atoms with Gasteiger partial charge in [0.05, 0.1) is 6.54 Å². The third kappa shape index (κ3) is 4.24. The van der Waals surface area contributed by atoms with Crippen LogP contribution in [0.3, 0.4) is 0 Å². The van der Waals surface area contributed by atoms with Gasteiger partial charge in [0.1, 0.15) is 11.7 Å². The Morgan fingerprint density at radius 1 is 1.43 bits per heavy atom. The summed E-state index contributed by atoms with van der Waals surface area (Å²) in [6.07, 6.45) is 0.0327. The van der Waals surface area contributed by atoms with Gasteiger partial charge >= 0.3 is 6.09 Å². The minimum absolute atomic E-state index is 0.153. The number of hydrogen-bond acceptors (Lipinski definition) is 4. The highest BCUT2D eigenvalue weighted by Gasteiger charge is 2.31. The molecule has 1 saturated heterocycles. The Hall–Kier alpha value is -1.98. The van der Waals surface area contributed by atoms with Gasteiger partial charge in [-0.05, 0) is 32.9 Å². The molecule has 0 unspecified atom stereocenters. The predicted molar refractivity (Wildman–Crippen MR) is 77.7 cm³/mol. The van der Waals surface area contributed by atoms with Crippen LogP contribution in [0.15, 0.2) is 18.2 Å². The average molecular weight is 296 g/mol. The second-order valence-corrected chi connectivity index (χ2v) is 6.14. The summed E-state index contributed by atoms with van der Waals surface area (Å²) in [4.78, 5) is 13.5. The molecule has 0 aliphatic carbocycles. The molecule has 2 N–H and O–H groups in total. The highest BCUT2D eigenvalue weighted by Crippen LogP contribution is 2.24. The third-order valence-corrected chi connectivity index (χ3v) is 3.05. The van der Waals surface area contributed by atoms with Crippen LogP contribution in [-0.4, -0.2) is 35.8 Å². The van der Waals surface area contributed by atoms with E-state index in [4.69, 9.17) is 15.2 Å². The molecular formula is C15H21FN2O3. The van der Waals surface area contributed by atoms with E-state index in [1.54, 1.807) is 11.0 Å². The van der Waals surface area contributed by atoms with E-state index in [0.29, 0.717) is 25.2 Å². The maximum Gasteiger partial charge on any atom is 0.410 e. The predicted octanol–water partition coefficient (Wildman–Crippen LogP) is 2.80. The largest absolute Gasteiger partial charge is 0.485 e. The van der Waals surface area contributed by atoms with Crippen LogP contribution in [0.4, 0.5) is 14.9 Å². The molecule has 1 atom stereocenters. The number of nitrogens with zero attached hydrogens (tertiary/aromatic N) is 1. The summed E-state index contributed by atoms with van der Waals surface area (Å²) >= 11 is 0. The lowest BCUT2D eigenvalue weighted by molar-refractivity contribution is 0.0275. The molecule has 1 heterocycles. The minimum atomic E-state index is -0.529. The first-order valence-electron chi connectivity index (χ1n) is 6.94. The monoisotopic (exact) mass is 296 g/mol. The maximum atomic E-state index is 13.7. The van der Waals surface area contributed by atoms with Crippen molar-refractivity contribution in [3.05, 3.63) is 24.0 Å². The van der Waals surface area contributed by atoms with Gasteiger partial charge in [0.25, 0.3) is 0 Å². The molecule has 2 rings (SSSR count). The molecule has 21 heavy (non-hydrogen) atoms. The maximum absolute atomic E-state index is 13.7. The van der Waals surface area contributed by atoms with E-state index in [0.717, 1.165) is 0 Å². The van der Waals surface area contributed by atoms with Crippen molar-refractivity contribution in [1.82, 2.24) is 4.90 Å². The van der Waals surface area contributed by atoms with Crippen molar-refractivity contribution >= 4 is 11.8 Å². The first kappa shape index (κ1) is 15.4. The minimum Gasteiger partial charge on any atom is -0.485 e. The van der Waals surface area contributed by atoms with E-state index in [1.807, 2.05) is 20.8 Å². The Bertz CT molecular complexity index is 528. The molecule has 6 heteroatoms. The number of nitrogens with two attached hydrogens (primary N) is 1. The first-order chi connectivity index (χ1) is 9.74. The van der Waals surface area contributed by atoms with Crippen LogP contribution < -0.4 is 10.5 Å². The van der Waals surface area contributed by atoms with Gasteiger partial charge in [-0.15, -0.1) is 0 Å². The van der Waals surface area contributed by atoms with E-state index in [-0.39, 0.29) is 17.9 Å². The Kier molecular flexibility index (Phi) is 4.25. The average Bonchev–Trinajstić information content (AvgIpc) is 2.79. The fraction of sp³-hybridized carbons (Fsp3) is 0.533. The molecule has 1 aromatic carbocycles. The summed E-state index contributed by atoms with van der Waals surface area (Å²) in [7, 11) is 0. The lowest BCUT2D eigenvalue weighted by Crippen LogP contribution is -2.36. The molecule has 1 amide bonds. The number of carbonyl (C=O) groups excluding carboxylic acids is 1. The van der Waals surface area contributed by atoms with Crippen LogP contribution in [0.5, 0.6) is 5.75 Å². The third-order valence-electron chi connectivity index (χ3n) is 3.05. The van der Waals surface area contributed by atoms with Gasteiger partial charge in [-0.25, -0.2) is 9.18 Å². The van der Waals surface area contributed by atoms with Crippen LogP contribution in [-0.2, 0) is 4.74 Å². The van der Waals surface area contributed by atoms with Gasteiger partial charge in [0, 0.05) is 24.7 Å². The number of ether oxygens (including phenoxy) is 2. The smallest absolute Gasteiger partial charge is 0.410 e. The number of amides is 1. The molecule has 0 aromatic heterocycles. The first-order valence-corrected chi connectivity index (χ1v) is 6.94. The SMILES string of the molecule is CC(C)(C)OC(=O)N1CC[C@H](Oc2ccc(N)cc2F)C1. The van der Waals surface area contributed by atoms with Gasteiger partial charge in [0.2, 0.25) is 0 Å². The number of benzene rings is 1. The number of rotatable bonds is 2. The Morgan fingerprint density at radius 3 is 2.76 bits per heavy atom. The van der Waals surface area contributed by atoms with Gasteiger partial charge in [0.15, 0.2) is 11.6 Å². The van der Waals surface area contributed by atoms with Gasteiger partial charge in [-0.3, -0.25) is 0 Å². The molecule has 116 valence electrons. The van der Waals surface area contributed by atoms with Gasteiger partial charge in [-0.1, -0.05) is 0 Å². The molecule has 0 saturated carbocycles. The number of hydrogen-bond donors (Lipinski definition) is 1.